The molecule has 0 spiro atoms. The molecule has 2 aliphatic heterocycles. The predicted octanol–water partition coefficient (Wildman–Crippen LogP) is 3.05. The molecule has 0 aromatic carbocycles. The average Bonchev–Trinajstić information content (AvgIpc) is 3.13. The summed E-state index contributed by atoms with van der Waals surface area (Å²) in [6.45, 7) is 0. The van der Waals surface area contributed by atoms with Crippen molar-refractivity contribution in [1.29, 1.82) is 0 Å². The van der Waals surface area contributed by atoms with E-state index in [1.165, 1.54) is 4.90 Å². The standard InChI is InChI=1S/C18H19F3N6O/c1-26-10-12(9-23-26)24-17-22-5-4-15(25-17)11-6-13-2-3-14(7-11)27(13)16(28)8-18(19,20)21/h4-6,9-10,13-14H,2-3,7-8H2,1H3,(H,22,24,25). The number of fused-ring (bicyclic) bond motifs is 2. The van der Waals surface area contributed by atoms with Gasteiger partial charge in [-0.1, -0.05) is 6.08 Å². The van der Waals surface area contributed by atoms with Crippen LogP contribution in [0.15, 0.2) is 30.7 Å². The van der Waals surface area contributed by atoms with Crippen molar-refractivity contribution < 1.29 is 18.0 Å². The molecule has 2 atom stereocenters. The minimum atomic E-state index is -4.49. The number of carbonyl (C=O) groups excluding carboxylic acids is 1. The van der Waals surface area contributed by atoms with Crippen LogP contribution in [0.4, 0.5) is 24.8 Å². The van der Waals surface area contributed by atoms with Gasteiger partial charge in [-0.25, -0.2) is 9.97 Å². The van der Waals surface area contributed by atoms with E-state index < -0.39 is 18.5 Å². The lowest BCUT2D eigenvalue weighted by molar-refractivity contribution is -0.163. The second-order valence-electron chi connectivity index (χ2n) is 7.08. The molecule has 1 amide bonds. The van der Waals surface area contributed by atoms with Crippen LogP contribution in [0.1, 0.15) is 31.4 Å². The molecule has 0 aliphatic carbocycles. The van der Waals surface area contributed by atoms with E-state index in [1.54, 1.807) is 36.4 Å². The Morgan fingerprint density at radius 1 is 1.36 bits per heavy atom. The van der Waals surface area contributed by atoms with Crippen molar-refractivity contribution >= 4 is 23.1 Å². The third-order valence-corrected chi connectivity index (χ3v) is 4.98. The van der Waals surface area contributed by atoms with E-state index >= 15 is 0 Å². The highest BCUT2D eigenvalue weighted by atomic mass is 19.4. The summed E-state index contributed by atoms with van der Waals surface area (Å²) in [4.78, 5) is 22.2. The lowest BCUT2D eigenvalue weighted by Crippen LogP contribution is -2.44. The number of aryl methyl sites for hydroxylation is 1. The number of nitrogens with one attached hydrogen (secondary N) is 1. The minimum absolute atomic E-state index is 0.218. The average molecular weight is 392 g/mol. The van der Waals surface area contributed by atoms with E-state index in [4.69, 9.17) is 0 Å². The summed E-state index contributed by atoms with van der Waals surface area (Å²) in [5.74, 6) is -0.439. The first kappa shape index (κ1) is 18.5. The Morgan fingerprint density at radius 3 is 2.86 bits per heavy atom. The van der Waals surface area contributed by atoms with Gasteiger partial charge in [-0.2, -0.15) is 18.3 Å². The molecular formula is C18H19F3N6O. The summed E-state index contributed by atoms with van der Waals surface area (Å²) in [6.07, 6.45) is 2.91. The Kier molecular flexibility index (Phi) is 4.56. The SMILES string of the molecule is Cn1cc(Nc2nccc(C3=CC4CCC(C3)N4C(=O)CC(F)(F)F)n2)cn1. The van der Waals surface area contributed by atoms with Gasteiger partial charge >= 0.3 is 6.18 Å². The molecule has 1 N–H and O–H groups in total. The number of alkyl halides is 3. The number of anilines is 2. The van der Waals surface area contributed by atoms with E-state index in [1.807, 2.05) is 6.08 Å². The summed E-state index contributed by atoms with van der Waals surface area (Å²) < 4.78 is 39.5. The maximum Gasteiger partial charge on any atom is 0.397 e. The van der Waals surface area contributed by atoms with Gasteiger partial charge in [0, 0.05) is 25.5 Å². The Bertz CT molecular complexity index is 922. The van der Waals surface area contributed by atoms with Crippen LogP contribution in [0.2, 0.25) is 0 Å². The molecule has 148 valence electrons. The summed E-state index contributed by atoms with van der Waals surface area (Å²) in [5, 5.41) is 7.15. The molecule has 2 unspecified atom stereocenters. The van der Waals surface area contributed by atoms with Crippen LogP contribution in [0.25, 0.3) is 5.57 Å². The van der Waals surface area contributed by atoms with Crippen molar-refractivity contribution in [2.75, 3.05) is 5.32 Å². The van der Waals surface area contributed by atoms with E-state index in [2.05, 4.69) is 20.4 Å². The van der Waals surface area contributed by atoms with Crippen LogP contribution in [0, 0.1) is 0 Å². The van der Waals surface area contributed by atoms with Crippen molar-refractivity contribution in [3.05, 3.63) is 36.4 Å². The molecule has 2 aromatic rings. The molecule has 4 rings (SSSR count). The highest BCUT2D eigenvalue weighted by Crippen LogP contribution is 2.39. The fraction of sp³-hybridized carbons (Fsp3) is 0.444. The highest BCUT2D eigenvalue weighted by Gasteiger charge is 2.43. The van der Waals surface area contributed by atoms with Gasteiger partial charge in [-0.15, -0.1) is 0 Å². The first-order valence-electron chi connectivity index (χ1n) is 8.96. The minimum Gasteiger partial charge on any atom is -0.333 e. The molecule has 0 saturated carbocycles. The zero-order valence-electron chi connectivity index (χ0n) is 15.1. The number of hydrogen-bond acceptors (Lipinski definition) is 5. The van der Waals surface area contributed by atoms with Crippen molar-refractivity contribution in [2.24, 2.45) is 7.05 Å². The first-order valence-corrected chi connectivity index (χ1v) is 8.96. The van der Waals surface area contributed by atoms with E-state index in [-0.39, 0.29) is 12.1 Å². The summed E-state index contributed by atoms with van der Waals surface area (Å²) in [5.41, 5.74) is 2.39. The molecule has 28 heavy (non-hydrogen) atoms. The van der Waals surface area contributed by atoms with Gasteiger partial charge in [0.05, 0.1) is 23.6 Å². The zero-order valence-corrected chi connectivity index (χ0v) is 15.1. The van der Waals surface area contributed by atoms with Crippen LogP contribution in [0.5, 0.6) is 0 Å². The van der Waals surface area contributed by atoms with Gasteiger partial charge in [0.15, 0.2) is 0 Å². The Morgan fingerprint density at radius 2 is 2.18 bits per heavy atom. The smallest absolute Gasteiger partial charge is 0.333 e. The normalized spacial score (nSPS) is 21.6. The van der Waals surface area contributed by atoms with Gasteiger partial charge in [0.25, 0.3) is 0 Å². The first-order chi connectivity index (χ1) is 13.3. The maximum absolute atomic E-state index is 12.6. The van der Waals surface area contributed by atoms with Crippen LogP contribution < -0.4 is 5.32 Å². The molecule has 2 aliphatic rings. The topological polar surface area (TPSA) is 75.9 Å². The van der Waals surface area contributed by atoms with Crippen LogP contribution in [0.3, 0.4) is 0 Å². The fourth-order valence-electron chi connectivity index (χ4n) is 3.88. The van der Waals surface area contributed by atoms with Crippen LogP contribution in [-0.4, -0.2) is 48.8 Å². The number of carbonyl (C=O) groups is 1. The van der Waals surface area contributed by atoms with Gasteiger partial charge < -0.3 is 10.2 Å². The monoisotopic (exact) mass is 392 g/mol. The molecular weight excluding hydrogens is 373 g/mol. The van der Waals surface area contributed by atoms with Gasteiger partial charge in [-0.05, 0) is 30.9 Å². The van der Waals surface area contributed by atoms with Crippen LogP contribution >= 0.6 is 0 Å². The molecule has 7 nitrogen and oxygen atoms in total. The third-order valence-electron chi connectivity index (χ3n) is 4.98. The second-order valence-corrected chi connectivity index (χ2v) is 7.08. The summed E-state index contributed by atoms with van der Waals surface area (Å²) >= 11 is 0. The Balaban J connectivity index is 1.52. The van der Waals surface area contributed by atoms with Crippen LogP contribution in [-0.2, 0) is 11.8 Å². The van der Waals surface area contributed by atoms with Crippen molar-refractivity contribution in [3.63, 3.8) is 0 Å². The molecule has 2 aromatic heterocycles. The number of aromatic nitrogens is 4. The highest BCUT2D eigenvalue weighted by molar-refractivity contribution is 5.80. The maximum atomic E-state index is 12.6. The van der Waals surface area contributed by atoms with E-state index in [0.717, 1.165) is 11.3 Å². The summed E-state index contributed by atoms with van der Waals surface area (Å²) in [6, 6.07) is 1.24. The van der Waals surface area contributed by atoms with Gasteiger partial charge in [0.1, 0.15) is 6.42 Å². The molecule has 0 radical (unpaired) electrons. The number of hydrogen-bond donors (Lipinski definition) is 1. The molecule has 2 bridgehead atoms. The number of rotatable bonds is 4. The third kappa shape index (κ3) is 3.85. The second kappa shape index (κ2) is 6.92. The lowest BCUT2D eigenvalue weighted by atomic mass is 9.98. The number of nitrogens with zero attached hydrogens (tertiary/aromatic N) is 5. The zero-order chi connectivity index (χ0) is 19.9. The van der Waals surface area contributed by atoms with Crippen molar-refractivity contribution in [1.82, 2.24) is 24.6 Å². The van der Waals surface area contributed by atoms with E-state index in [0.29, 0.717) is 30.9 Å². The largest absolute Gasteiger partial charge is 0.397 e. The van der Waals surface area contributed by atoms with Gasteiger partial charge in [0.2, 0.25) is 11.9 Å². The van der Waals surface area contributed by atoms with Gasteiger partial charge in [-0.3, -0.25) is 9.48 Å². The quantitative estimate of drug-likeness (QED) is 0.866. The van der Waals surface area contributed by atoms with Crippen molar-refractivity contribution in [2.45, 2.75) is 43.9 Å². The summed E-state index contributed by atoms with van der Waals surface area (Å²) in [7, 11) is 1.80. The molecule has 1 saturated heterocycles. The molecule has 1 fully saturated rings. The lowest BCUT2D eigenvalue weighted by Gasteiger charge is -2.34. The van der Waals surface area contributed by atoms with Crippen molar-refractivity contribution in [3.8, 4) is 0 Å². The van der Waals surface area contributed by atoms with E-state index in [9.17, 15) is 18.0 Å². The number of halogens is 3. The molecule has 4 heterocycles. The fourth-order valence-corrected chi connectivity index (χ4v) is 3.88. The Hall–Kier alpha value is -2.91. The predicted molar refractivity (Wildman–Crippen MR) is 95.4 cm³/mol. The molecule has 10 heteroatoms. The number of amides is 1. The Labute approximate surface area is 159 Å².